The highest BCUT2D eigenvalue weighted by Crippen LogP contribution is 2.30. The number of halogens is 2. The van der Waals surface area contributed by atoms with Crippen molar-refractivity contribution in [1.29, 1.82) is 0 Å². The predicted molar refractivity (Wildman–Crippen MR) is 105 cm³/mol. The minimum Gasteiger partial charge on any atom is -0.390 e. The van der Waals surface area contributed by atoms with E-state index in [1.165, 1.54) is 6.07 Å². The monoisotopic (exact) mass is 445 g/mol. The molecule has 0 aliphatic heterocycles. The van der Waals surface area contributed by atoms with Crippen molar-refractivity contribution in [1.82, 2.24) is 10.6 Å². The zero-order valence-corrected chi connectivity index (χ0v) is 17.2. The molecule has 7 N–H and O–H groups in total. The fourth-order valence-electron chi connectivity index (χ4n) is 3.36. The lowest BCUT2D eigenvalue weighted by Gasteiger charge is -2.42. The zero-order valence-electron chi connectivity index (χ0n) is 16.4. The van der Waals surface area contributed by atoms with E-state index in [2.05, 4.69) is 10.6 Å². The van der Waals surface area contributed by atoms with Crippen molar-refractivity contribution in [3.05, 3.63) is 34.6 Å². The number of amides is 3. The fraction of sp³-hybridized carbons (Fsp3) is 0.526. The molecule has 0 heterocycles. The van der Waals surface area contributed by atoms with Crippen LogP contribution in [0.25, 0.3) is 0 Å². The Kier molecular flexibility index (Phi) is 7.40. The van der Waals surface area contributed by atoms with E-state index < -0.39 is 66.3 Å². The molecule has 0 saturated heterocycles. The van der Waals surface area contributed by atoms with Gasteiger partial charge in [0.05, 0.1) is 17.2 Å². The Balaban J connectivity index is 2.19. The normalized spacial score (nSPS) is 27.4. The highest BCUT2D eigenvalue weighted by Gasteiger charge is 2.49. The maximum atomic E-state index is 13.3. The Hall–Kier alpha value is -2.27. The molecule has 1 saturated carbocycles. The van der Waals surface area contributed by atoms with Gasteiger partial charge in [-0.2, -0.15) is 0 Å². The molecule has 9 nitrogen and oxygen atoms in total. The second kappa shape index (κ2) is 9.25. The molecule has 3 amide bonds. The van der Waals surface area contributed by atoms with Crippen LogP contribution >= 0.6 is 11.6 Å². The summed E-state index contributed by atoms with van der Waals surface area (Å²) in [4.78, 5) is 36.6. The van der Waals surface area contributed by atoms with Gasteiger partial charge in [0.2, 0.25) is 5.91 Å². The van der Waals surface area contributed by atoms with Gasteiger partial charge in [-0.3, -0.25) is 14.4 Å². The van der Waals surface area contributed by atoms with Gasteiger partial charge in [-0.15, -0.1) is 0 Å². The highest BCUT2D eigenvalue weighted by molar-refractivity contribution is 6.31. The first-order valence-electron chi connectivity index (χ1n) is 9.30. The van der Waals surface area contributed by atoms with Gasteiger partial charge < -0.3 is 31.7 Å². The van der Waals surface area contributed by atoms with Gasteiger partial charge in [0.25, 0.3) is 11.8 Å². The molecular weight excluding hydrogens is 421 g/mol. The number of benzene rings is 1. The Morgan fingerprint density at radius 3 is 2.43 bits per heavy atom. The van der Waals surface area contributed by atoms with E-state index in [0.29, 0.717) is 0 Å². The van der Waals surface area contributed by atoms with Crippen LogP contribution in [-0.4, -0.2) is 62.9 Å². The first-order valence-corrected chi connectivity index (χ1v) is 9.68. The number of hydrogen-bond acceptors (Lipinski definition) is 6. The number of nitrogens with one attached hydrogen (secondary N) is 2. The average Bonchev–Trinajstić information content (AvgIpc) is 2.65. The Morgan fingerprint density at radius 2 is 1.90 bits per heavy atom. The maximum Gasteiger partial charge on any atom is 0.252 e. The number of nitrogens with two attached hydrogens (primary N) is 1. The maximum absolute atomic E-state index is 13.3. The van der Waals surface area contributed by atoms with Crippen LogP contribution in [-0.2, 0) is 9.59 Å². The van der Waals surface area contributed by atoms with E-state index in [9.17, 15) is 34.1 Å². The third kappa shape index (κ3) is 5.25. The summed E-state index contributed by atoms with van der Waals surface area (Å²) >= 11 is 5.66. The molecule has 0 radical (unpaired) electrons. The quantitative estimate of drug-likeness (QED) is 0.344. The van der Waals surface area contributed by atoms with Crippen LogP contribution in [0.15, 0.2) is 18.2 Å². The number of carbonyl (C=O) groups is 3. The molecule has 0 spiro atoms. The summed E-state index contributed by atoms with van der Waals surface area (Å²) in [7, 11) is 0. The van der Waals surface area contributed by atoms with E-state index in [-0.39, 0.29) is 16.5 Å². The third-order valence-electron chi connectivity index (χ3n) is 5.09. The van der Waals surface area contributed by atoms with Crippen LogP contribution in [0.5, 0.6) is 0 Å². The number of rotatable bonds is 6. The van der Waals surface area contributed by atoms with Crippen LogP contribution in [0.4, 0.5) is 4.39 Å². The van der Waals surface area contributed by atoms with Crippen LogP contribution in [0.2, 0.25) is 5.02 Å². The van der Waals surface area contributed by atoms with Crippen molar-refractivity contribution in [2.45, 2.75) is 56.6 Å². The van der Waals surface area contributed by atoms with Crippen LogP contribution in [0, 0.1) is 11.7 Å². The van der Waals surface area contributed by atoms with E-state index in [0.717, 1.165) is 12.1 Å². The molecule has 2 rings (SSSR count). The third-order valence-corrected chi connectivity index (χ3v) is 5.38. The summed E-state index contributed by atoms with van der Waals surface area (Å²) in [5.74, 6) is -3.59. The minimum atomic E-state index is -2.18. The van der Waals surface area contributed by atoms with Crippen LogP contribution < -0.4 is 16.4 Å². The lowest BCUT2D eigenvalue weighted by atomic mass is 9.77. The fourth-order valence-corrected chi connectivity index (χ4v) is 3.54. The van der Waals surface area contributed by atoms with Gasteiger partial charge in [0.1, 0.15) is 23.6 Å². The molecule has 30 heavy (non-hydrogen) atoms. The number of aliphatic hydroxyl groups excluding tert-OH is 2. The van der Waals surface area contributed by atoms with Crippen molar-refractivity contribution in [2.75, 3.05) is 0 Å². The predicted octanol–water partition coefficient (Wildman–Crippen LogP) is -0.550. The van der Waals surface area contributed by atoms with Crippen molar-refractivity contribution in [3.63, 3.8) is 0 Å². The summed E-state index contributed by atoms with van der Waals surface area (Å²) in [6.07, 6.45) is -3.97. The second-order valence-electron chi connectivity index (χ2n) is 7.80. The number of aliphatic hydroxyl groups is 3. The number of primary amides is 1. The first kappa shape index (κ1) is 24.0. The van der Waals surface area contributed by atoms with Crippen molar-refractivity contribution >= 4 is 29.3 Å². The molecule has 11 heteroatoms. The molecule has 5 unspecified atom stereocenters. The largest absolute Gasteiger partial charge is 0.390 e. The summed E-state index contributed by atoms with van der Waals surface area (Å²) in [5.41, 5.74) is 3.07. The van der Waals surface area contributed by atoms with Crippen molar-refractivity contribution in [3.8, 4) is 0 Å². The summed E-state index contributed by atoms with van der Waals surface area (Å²) in [6, 6.07) is 0.966. The average molecular weight is 446 g/mol. The lowest BCUT2D eigenvalue weighted by Crippen LogP contribution is -2.64. The smallest absolute Gasteiger partial charge is 0.252 e. The Morgan fingerprint density at radius 1 is 1.27 bits per heavy atom. The van der Waals surface area contributed by atoms with Gasteiger partial charge in [-0.25, -0.2) is 4.39 Å². The second-order valence-corrected chi connectivity index (χ2v) is 8.21. The van der Waals surface area contributed by atoms with Gasteiger partial charge in [0.15, 0.2) is 0 Å². The number of carbonyl (C=O) groups excluding carboxylic acids is 3. The van der Waals surface area contributed by atoms with Gasteiger partial charge >= 0.3 is 0 Å². The molecule has 1 fully saturated rings. The summed E-state index contributed by atoms with van der Waals surface area (Å²) < 4.78 is 13.3. The van der Waals surface area contributed by atoms with Crippen LogP contribution in [0.3, 0.4) is 0 Å². The summed E-state index contributed by atoms with van der Waals surface area (Å²) in [6.45, 7) is 3.30. The Labute approximate surface area is 177 Å². The molecule has 0 bridgehead atoms. The topological polar surface area (TPSA) is 162 Å². The Bertz CT molecular complexity index is 838. The van der Waals surface area contributed by atoms with E-state index in [4.69, 9.17) is 17.3 Å². The van der Waals surface area contributed by atoms with E-state index in [1.807, 2.05) is 0 Å². The van der Waals surface area contributed by atoms with Gasteiger partial charge in [-0.1, -0.05) is 25.4 Å². The van der Waals surface area contributed by atoms with Crippen molar-refractivity contribution in [2.24, 2.45) is 11.7 Å². The molecule has 1 aromatic rings. The minimum absolute atomic E-state index is 0.0183. The standard InChI is InChI=1S/C19H25ClFN3O6/c1-8(2)14(16(22)27)24-18(29)19(30)6-12(15(26)13(25)7-19)23-17(28)9-3-4-11(21)10(20)5-9/h3-5,8,12-15,25-26,30H,6-7H2,1-2H3,(H2,22,27)(H,23,28)(H,24,29). The molecule has 1 aliphatic carbocycles. The summed E-state index contributed by atoms with van der Waals surface area (Å²) in [5, 5.41) is 35.7. The molecule has 5 atom stereocenters. The molecule has 166 valence electrons. The van der Waals surface area contributed by atoms with E-state index >= 15 is 0 Å². The lowest BCUT2D eigenvalue weighted by molar-refractivity contribution is -0.159. The number of hydrogen-bond donors (Lipinski definition) is 6. The van der Waals surface area contributed by atoms with Crippen LogP contribution in [0.1, 0.15) is 37.0 Å². The zero-order chi connectivity index (χ0) is 22.8. The molecule has 1 aromatic carbocycles. The molecule has 1 aliphatic rings. The van der Waals surface area contributed by atoms with Crippen molar-refractivity contribution < 1.29 is 34.1 Å². The molecule has 0 aromatic heterocycles. The first-order chi connectivity index (χ1) is 13.9. The van der Waals surface area contributed by atoms with Gasteiger partial charge in [0, 0.05) is 18.4 Å². The van der Waals surface area contributed by atoms with Gasteiger partial charge in [-0.05, 0) is 24.1 Å². The SMILES string of the molecule is CC(C)C(NC(=O)C1(O)CC(O)C(O)C(NC(=O)c2ccc(F)c(Cl)c2)C1)C(N)=O. The molecular formula is C19H25ClFN3O6. The highest BCUT2D eigenvalue weighted by atomic mass is 35.5. The van der Waals surface area contributed by atoms with E-state index in [1.54, 1.807) is 13.8 Å².